The minimum atomic E-state index is -3.79. The normalized spacial score (nSPS) is 11.7. The molecule has 8 nitrogen and oxygen atoms in total. The Kier molecular flexibility index (Phi) is 1.59. The molecule has 0 atom stereocenters. The molecule has 13 heavy (non-hydrogen) atoms. The molecule has 0 aliphatic heterocycles. The first-order chi connectivity index (χ1) is 6.21. The largest absolute Gasteiger partial charge is 0.344 e. The van der Waals surface area contributed by atoms with Gasteiger partial charge in [0.15, 0.2) is 12.5 Å². The zero-order valence-electron chi connectivity index (χ0n) is 5.98. The van der Waals surface area contributed by atoms with Crippen LogP contribution in [0.4, 0.5) is 0 Å². The van der Waals surface area contributed by atoms with Crippen molar-refractivity contribution in [1.29, 1.82) is 0 Å². The smallest absolute Gasteiger partial charge is 0.251 e. The molecule has 0 fully saturated rings. The van der Waals surface area contributed by atoms with Crippen molar-refractivity contribution in [3.63, 3.8) is 0 Å². The lowest BCUT2D eigenvalue weighted by atomic mass is 11.0. The number of nitrogens with zero attached hydrogens (tertiary/aromatic N) is 4. The summed E-state index contributed by atoms with van der Waals surface area (Å²) in [6, 6.07) is 0. The molecule has 0 saturated carbocycles. The van der Waals surface area contributed by atoms with Crippen molar-refractivity contribution >= 4 is 9.84 Å². The minimum Gasteiger partial charge on any atom is -0.344 e. The van der Waals surface area contributed by atoms with Gasteiger partial charge in [0.2, 0.25) is 10.1 Å². The second-order valence-corrected chi connectivity index (χ2v) is 3.83. The van der Waals surface area contributed by atoms with Gasteiger partial charge in [0.1, 0.15) is 0 Å². The van der Waals surface area contributed by atoms with Gasteiger partial charge in [-0.15, -0.1) is 0 Å². The van der Waals surface area contributed by atoms with Crippen LogP contribution in [0.1, 0.15) is 0 Å². The number of hydrogen-bond donors (Lipinski definition) is 0. The molecule has 2 rings (SSSR count). The Hall–Kier alpha value is -1.77. The van der Waals surface area contributed by atoms with Crippen molar-refractivity contribution in [3.8, 4) is 0 Å². The fourth-order valence-corrected chi connectivity index (χ4v) is 1.49. The summed E-state index contributed by atoms with van der Waals surface area (Å²) < 4.78 is 31.4. The van der Waals surface area contributed by atoms with E-state index in [4.69, 9.17) is 0 Å². The van der Waals surface area contributed by atoms with Crippen molar-refractivity contribution in [2.24, 2.45) is 0 Å². The summed E-state index contributed by atoms with van der Waals surface area (Å²) in [6.07, 6.45) is 1.79. The summed E-state index contributed by atoms with van der Waals surface area (Å²) in [5.74, 6) is 0. The third-order valence-electron chi connectivity index (χ3n) is 1.23. The molecular weight excluding hydrogens is 200 g/mol. The zero-order chi connectivity index (χ0) is 9.31. The molecule has 0 aliphatic carbocycles. The maximum absolute atomic E-state index is 11.4. The van der Waals surface area contributed by atoms with Gasteiger partial charge in [-0.05, 0) is 0 Å². The maximum atomic E-state index is 11.4. The van der Waals surface area contributed by atoms with Gasteiger partial charge < -0.3 is 9.05 Å². The van der Waals surface area contributed by atoms with E-state index in [1.807, 2.05) is 0 Å². The lowest BCUT2D eigenvalue weighted by molar-refractivity contribution is 0.392. The summed E-state index contributed by atoms with van der Waals surface area (Å²) in [4.78, 5) is 0. The molecule has 0 saturated heterocycles. The molecule has 2 aromatic heterocycles. The molecule has 9 heteroatoms. The second-order valence-electron chi connectivity index (χ2n) is 1.99. The molecule has 0 N–H and O–H groups in total. The highest BCUT2D eigenvalue weighted by atomic mass is 32.2. The molecule has 2 aromatic rings. The Balaban J connectivity index is 2.56. The van der Waals surface area contributed by atoms with Crippen LogP contribution in [0.15, 0.2) is 31.6 Å². The summed E-state index contributed by atoms with van der Waals surface area (Å²) >= 11 is 0. The van der Waals surface area contributed by atoms with Crippen molar-refractivity contribution < 1.29 is 17.5 Å². The number of rotatable bonds is 2. The van der Waals surface area contributed by atoms with Crippen molar-refractivity contribution in [2.45, 2.75) is 10.1 Å². The molecule has 0 aromatic carbocycles. The first kappa shape index (κ1) is 7.86. The van der Waals surface area contributed by atoms with Crippen LogP contribution >= 0.6 is 0 Å². The average Bonchev–Trinajstić information content (AvgIpc) is 2.78. The fourth-order valence-electron chi connectivity index (χ4n) is 0.653. The highest BCUT2D eigenvalue weighted by molar-refractivity contribution is 7.91. The van der Waals surface area contributed by atoms with Crippen molar-refractivity contribution in [1.82, 2.24) is 20.7 Å². The molecule has 68 valence electrons. The predicted molar refractivity (Wildman–Crippen MR) is 34.0 cm³/mol. The van der Waals surface area contributed by atoms with Crippen LogP contribution < -0.4 is 0 Å². The van der Waals surface area contributed by atoms with E-state index in [-0.39, 0.29) is 10.1 Å². The van der Waals surface area contributed by atoms with Gasteiger partial charge in [0.25, 0.3) is 9.84 Å². The monoisotopic (exact) mass is 202 g/mol. The quantitative estimate of drug-likeness (QED) is 0.627. The third-order valence-corrected chi connectivity index (χ3v) is 2.69. The standard InChI is InChI=1S/C4H2N4O4S/c9-13(10,3-1-11-7-5-3)4-2-12-8-6-4/h1-2H. The Morgan fingerprint density at radius 2 is 1.46 bits per heavy atom. The maximum Gasteiger partial charge on any atom is 0.251 e. The lowest BCUT2D eigenvalue weighted by Crippen LogP contribution is -2.02. The SMILES string of the molecule is O=S(=O)(c1conn1)c1conn1. The first-order valence-corrected chi connectivity index (χ1v) is 4.49. The average molecular weight is 202 g/mol. The number of hydrogen-bond acceptors (Lipinski definition) is 8. The number of sulfone groups is 1. The van der Waals surface area contributed by atoms with Crippen LogP contribution in [-0.2, 0) is 9.84 Å². The Bertz CT molecular complexity index is 432. The van der Waals surface area contributed by atoms with Crippen LogP contribution in [0.3, 0.4) is 0 Å². The Labute approximate surface area is 71.4 Å². The van der Waals surface area contributed by atoms with E-state index >= 15 is 0 Å². The predicted octanol–water partition coefficient (Wildman–Crippen LogP) is -0.715. The van der Waals surface area contributed by atoms with E-state index in [1.165, 1.54) is 0 Å². The summed E-state index contributed by atoms with van der Waals surface area (Å²) in [6.45, 7) is 0. The Morgan fingerprint density at radius 1 is 1.00 bits per heavy atom. The van der Waals surface area contributed by atoms with E-state index < -0.39 is 9.84 Å². The summed E-state index contributed by atoms with van der Waals surface area (Å²) in [5, 5.41) is 11.8. The van der Waals surface area contributed by atoms with Crippen LogP contribution in [-0.4, -0.2) is 29.2 Å². The van der Waals surface area contributed by atoms with Crippen LogP contribution in [0.25, 0.3) is 0 Å². The molecule has 0 bridgehead atoms. The van der Waals surface area contributed by atoms with Gasteiger partial charge in [-0.3, -0.25) is 0 Å². The third kappa shape index (κ3) is 1.18. The summed E-state index contributed by atoms with van der Waals surface area (Å²) in [7, 11) is -3.79. The fraction of sp³-hybridized carbons (Fsp3) is 0. The second kappa shape index (κ2) is 2.62. The first-order valence-electron chi connectivity index (χ1n) is 3.00. The van der Waals surface area contributed by atoms with Gasteiger partial charge >= 0.3 is 0 Å². The molecule has 0 amide bonds. The van der Waals surface area contributed by atoms with E-state index in [2.05, 4.69) is 29.8 Å². The topological polar surface area (TPSA) is 112 Å². The summed E-state index contributed by atoms with van der Waals surface area (Å²) in [5.41, 5.74) is 0. The highest BCUT2D eigenvalue weighted by Gasteiger charge is 2.25. The van der Waals surface area contributed by atoms with Gasteiger partial charge in [-0.25, -0.2) is 8.42 Å². The highest BCUT2D eigenvalue weighted by Crippen LogP contribution is 2.14. The van der Waals surface area contributed by atoms with Gasteiger partial charge in [-0.1, -0.05) is 10.2 Å². The molecular formula is C4H2N4O4S. The number of aromatic nitrogens is 4. The van der Waals surface area contributed by atoms with Crippen LogP contribution in [0.5, 0.6) is 0 Å². The van der Waals surface area contributed by atoms with E-state index in [0.29, 0.717) is 0 Å². The van der Waals surface area contributed by atoms with E-state index in [0.717, 1.165) is 12.5 Å². The zero-order valence-corrected chi connectivity index (χ0v) is 6.80. The van der Waals surface area contributed by atoms with Gasteiger partial charge in [0.05, 0.1) is 0 Å². The van der Waals surface area contributed by atoms with Crippen molar-refractivity contribution in [2.75, 3.05) is 0 Å². The van der Waals surface area contributed by atoms with Gasteiger partial charge in [0, 0.05) is 10.5 Å². The van der Waals surface area contributed by atoms with E-state index in [9.17, 15) is 8.42 Å². The molecule has 0 aliphatic rings. The van der Waals surface area contributed by atoms with Gasteiger partial charge in [-0.2, -0.15) is 0 Å². The molecule has 0 radical (unpaired) electrons. The van der Waals surface area contributed by atoms with Crippen molar-refractivity contribution in [3.05, 3.63) is 12.5 Å². The van der Waals surface area contributed by atoms with Crippen LogP contribution in [0, 0.1) is 0 Å². The minimum absolute atomic E-state index is 0.330. The van der Waals surface area contributed by atoms with E-state index in [1.54, 1.807) is 0 Å². The molecule has 2 heterocycles. The molecule has 0 spiro atoms. The van der Waals surface area contributed by atoms with Crippen LogP contribution in [0.2, 0.25) is 0 Å². The lowest BCUT2D eigenvalue weighted by Gasteiger charge is -1.88. The Morgan fingerprint density at radius 3 is 1.77 bits per heavy atom. The molecule has 0 unspecified atom stereocenters.